The third-order valence-electron chi connectivity index (χ3n) is 5.23. The maximum atomic E-state index is 13.8. The summed E-state index contributed by atoms with van der Waals surface area (Å²) in [5.74, 6) is 1.92. The highest BCUT2D eigenvalue weighted by Crippen LogP contribution is 2.34. The van der Waals surface area contributed by atoms with Gasteiger partial charge >= 0.3 is 0 Å². The van der Waals surface area contributed by atoms with Crippen LogP contribution in [0.1, 0.15) is 31.2 Å². The number of nitrogens with zero attached hydrogens (tertiary/aromatic N) is 1. The van der Waals surface area contributed by atoms with Crippen molar-refractivity contribution in [1.29, 1.82) is 0 Å². The van der Waals surface area contributed by atoms with E-state index in [-0.39, 0.29) is 11.2 Å². The molecule has 25 heavy (non-hydrogen) atoms. The molecule has 0 spiro atoms. The fourth-order valence-corrected chi connectivity index (χ4v) is 4.84. The van der Waals surface area contributed by atoms with Gasteiger partial charge in [0.1, 0.15) is 5.82 Å². The van der Waals surface area contributed by atoms with Gasteiger partial charge in [0.25, 0.3) is 0 Å². The minimum Gasteiger partial charge on any atom is -0.381 e. The molecule has 0 saturated carbocycles. The first-order valence-corrected chi connectivity index (χ1v) is 10.2. The zero-order chi connectivity index (χ0) is 17.5. The van der Waals surface area contributed by atoms with E-state index < -0.39 is 0 Å². The van der Waals surface area contributed by atoms with Crippen molar-refractivity contribution in [1.82, 2.24) is 10.6 Å². The summed E-state index contributed by atoms with van der Waals surface area (Å²) >= 11 is 2.04. The van der Waals surface area contributed by atoms with E-state index in [1.54, 1.807) is 19.2 Å². The average Bonchev–Trinajstić information content (AvgIpc) is 3.16. The van der Waals surface area contributed by atoms with Gasteiger partial charge in [0.05, 0.1) is 0 Å². The van der Waals surface area contributed by atoms with Crippen LogP contribution >= 0.6 is 11.8 Å². The normalized spacial score (nSPS) is 23.4. The molecule has 2 heterocycles. The molecule has 0 radical (unpaired) electrons. The van der Waals surface area contributed by atoms with Crippen molar-refractivity contribution >= 4 is 17.7 Å². The molecule has 3 rings (SSSR count). The van der Waals surface area contributed by atoms with Crippen LogP contribution in [-0.4, -0.2) is 50.3 Å². The smallest absolute Gasteiger partial charge is 0.191 e. The van der Waals surface area contributed by atoms with E-state index in [9.17, 15) is 4.39 Å². The number of ether oxygens (including phenoxy) is 1. The van der Waals surface area contributed by atoms with Crippen molar-refractivity contribution in [2.45, 2.75) is 36.3 Å². The van der Waals surface area contributed by atoms with E-state index in [1.165, 1.54) is 24.7 Å². The lowest BCUT2D eigenvalue weighted by Gasteiger charge is -2.38. The number of thioether (sulfide) groups is 1. The highest BCUT2D eigenvalue weighted by atomic mass is 32.2. The summed E-state index contributed by atoms with van der Waals surface area (Å²) in [6.07, 6.45) is 4.36. The number of rotatable bonds is 5. The Hall–Kier alpha value is -1.27. The number of hydrogen-bond donors (Lipinski definition) is 2. The fourth-order valence-electron chi connectivity index (χ4n) is 3.64. The summed E-state index contributed by atoms with van der Waals surface area (Å²) in [6.45, 7) is 3.10. The molecule has 2 fully saturated rings. The molecule has 1 atom stereocenters. The van der Waals surface area contributed by atoms with Gasteiger partial charge in [0, 0.05) is 44.0 Å². The summed E-state index contributed by atoms with van der Waals surface area (Å²) in [5, 5.41) is 7.60. The molecule has 0 aliphatic carbocycles. The van der Waals surface area contributed by atoms with Crippen LogP contribution in [0.2, 0.25) is 0 Å². The zero-order valence-corrected chi connectivity index (χ0v) is 15.7. The van der Waals surface area contributed by atoms with E-state index in [2.05, 4.69) is 15.6 Å². The Morgan fingerprint density at radius 2 is 2.20 bits per heavy atom. The Bertz CT molecular complexity index is 584. The van der Waals surface area contributed by atoms with Gasteiger partial charge in [0.15, 0.2) is 5.96 Å². The molecule has 6 heteroatoms. The van der Waals surface area contributed by atoms with Crippen LogP contribution in [0.15, 0.2) is 29.3 Å². The Labute approximate surface area is 154 Å². The molecule has 2 aliphatic heterocycles. The second kappa shape index (κ2) is 8.90. The van der Waals surface area contributed by atoms with E-state index in [0.29, 0.717) is 18.5 Å². The summed E-state index contributed by atoms with van der Waals surface area (Å²) in [7, 11) is 1.80. The summed E-state index contributed by atoms with van der Waals surface area (Å²) in [6, 6.07) is 7.00. The molecular weight excluding hydrogens is 337 g/mol. The van der Waals surface area contributed by atoms with Gasteiger partial charge in [-0.15, -0.1) is 0 Å². The van der Waals surface area contributed by atoms with Crippen molar-refractivity contribution < 1.29 is 9.13 Å². The molecule has 4 nitrogen and oxygen atoms in total. The van der Waals surface area contributed by atoms with Crippen molar-refractivity contribution in [3.05, 3.63) is 35.6 Å². The van der Waals surface area contributed by atoms with Crippen molar-refractivity contribution in [3.63, 3.8) is 0 Å². The van der Waals surface area contributed by atoms with E-state index in [0.717, 1.165) is 37.5 Å². The lowest BCUT2D eigenvalue weighted by atomic mass is 9.74. The fraction of sp³-hybridized carbons (Fsp3) is 0.632. The van der Waals surface area contributed by atoms with Crippen LogP contribution in [0.4, 0.5) is 4.39 Å². The highest BCUT2D eigenvalue weighted by molar-refractivity contribution is 8.00. The monoisotopic (exact) mass is 365 g/mol. The summed E-state index contributed by atoms with van der Waals surface area (Å²) in [5.41, 5.74) is 0.935. The minimum absolute atomic E-state index is 0.111. The molecule has 0 amide bonds. The lowest BCUT2D eigenvalue weighted by molar-refractivity contribution is 0.0513. The van der Waals surface area contributed by atoms with E-state index in [1.807, 2.05) is 17.8 Å². The highest BCUT2D eigenvalue weighted by Gasteiger charge is 2.35. The minimum atomic E-state index is -0.177. The van der Waals surface area contributed by atoms with Gasteiger partial charge < -0.3 is 15.4 Å². The first-order chi connectivity index (χ1) is 12.2. The van der Waals surface area contributed by atoms with Crippen LogP contribution < -0.4 is 10.6 Å². The van der Waals surface area contributed by atoms with Gasteiger partial charge in [-0.1, -0.05) is 12.1 Å². The zero-order valence-electron chi connectivity index (χ0n) is 14.9. The molecule has 1 unspecified atom stereocenters. The van der Waals surface area contributed by atoms with Crippen LogP contribution in [0.25, 0.3) is 0 Å². The Kier molecular flexibility index (Phi) is 6.59. The largest absolute Gasteiger partial charge is 0.381 e. The molecular formula is C19H28FN3OS. The summed E-state index contributed by atoms with van der Waals surface area (Å²) in [4.78, 5) is 4.36. The van der Waals surface area contributed by atoms with E-state index >= 15 is 0 Å². The number of halogens is 1. The lowest BCUT2D eigenvalue weighted by Crippen LogP contribution is -2.48. The van der Waals surface area contributed by atoms with Gasteiger partial charge in [0.2, 0.25) is 0 Å². The number of guanidine groups is 1. The molecule has 2 N–H and O–H groups in total. The van der Waals surface area contributed by atoms with Crippen molar-refractivity contribution in [2.24, 2.45) is 4.99 Å². The summed E-state index contributed by atoms with van der Waals surface area (Å²) < 4.78 is 19.3. The van der Waals surface area contributed by atoms with Crippen LogP contribution in [0, 0.1) is 5.82 Å². The van der Waals surface area contributed by atoms with Crippen LogP contribution in [0.3, 0.4) is 0 Å². The van der Waals surface area contributed by atoms with E-state index in [4.69, 9.17) is 4.74 Å². The maximum absolute atomic E-state index is 13.8. The maximum Gasteiger partial charge on any atom is 0.191 e. The second-order valence-electron chi connectivity index (χ2n) is 6.84. The predicted octanol–water partition coefficient (Wildman–Crippen LogP) is 2.93. The number of benzene rings is 1. The second-order valence-corrected chi connectivity index (χ2v) is 8.25. The Morgan fingerprint density at radius 1 is 1.36 bits per heavy atom. The third-order valence-corrected chi connectivity index (χ3v) is 6.62. The van der Waals surface area contributed by atoms with Gasteiger partial charge in [-0.05, 0) is 49.1 Å². The van der Waals surface area contributed by atoms with Gasteiger partial charge in [-0.25, -0.2) is 4.39 Å². The van der Waals surface area contributed by atoms with Crippen molar-refractivity contribution in [2.75, 3.05) is 39.1 Å². The number of nitrogens with one attached hydrogen (secondary N) is 2. The molecule has 2 aliphatic rings. The molecule has 0 bridgehead atoms. The van der Waals surface area contributed by atoms with Gasteiger partial charge in [-0.2, -0.15) is 11.8 Å². The third kappa shape index (κ3) is 4.88. The number of hydrogen-bond acceptors (Lipinski definition) is 3. The molecule has 138 valence electrons. The first kappa shape index (κ1) is 18.5. The molecule has 2 saturated heterocycles. The average molecular weight is 366 g/mol. The predicted molar refractivity (Wildman–Crippen MR) is 103 cm³/mol. The number of aliphatic imine (C=N–C) groups is 1. The molecule has 0 aromatic heterocycles. The standard InChI is InChI=1S/C19H28FN3OS/c1-21-18(22-13-17-6-3-11-25-17)23-14-19(7-9-24-10-8-19)15-4-2-5-16(20)12-15/h2,4-5,12,17H,3,6-11,13-14H2,1H3,(H2,21,22,23). The molecule has 1 aromatic rings. The SMILES string of the molecule is CN=C(NCC1CCCS1)NCC1(c2cccc(F)c2)CCOCC1. The van der Waals surface area contributed by atoms with Crippen LogP contribution in [0.5, 0.6) is 0 Å². The van der Waals surface area contributed by atoms with Gasteiger partial charge in [-0.3, -0.25) is 4.99 Å². The quantitative estimate of drug-likeness (QED) is 0.622. The van der Waals surface area contributed by atoms with Crippen LogP contribution in [-0.2, 0) is 10.2 Å². The molecule has 1 aromatic carbocycles. The van der Waals surface area contributed by atoms with Crippen molar-refractivity contribution in [3.8, 4) is 0 Å². The Balaban J connectivity index is 1.63. The first-order valence-electron chi connectivity index (χ1n) is 9.12. The topological polar surface area (TPSA) is 45.7 Å². The Morgan fingerprint density at radius 3 is 2.88 bits per heavy atom.